The molecule has 9 nitrogen and oxygen atoms in total. The molecule has 0 atom stereocenters. The smallest absolute Gasteiger partial charge is 0.0701 e. The molecule has 38 heavy (non-hydrogen) atoms. The van der Waals surface area contributed by atoms with Crippen LogP contribution in [0.2, 0.25) is 0 Å². The van der Waals surface area contributed by atoms with Gasteiger partial charge in [-0.3, -0.25) is 0 Å². The molecule has 0 heterocycles. The highest BCUT2D eigenvalue weighted by Crippen LogP contribution is 2.10. The Bertz CT molecular complexity index is 366. The highest BCUT2D eigenvalue weighted by atomic mass is 16.6. The summed E-state index contributed by atoms with van der Waals surface area (Å²) in [7, 11) is 0. The summed E-state index contributed by atoms with van der Waals surface area (Å²) in [6, 6.07) is 0. The first-order valence-corrected chi connectivity index (χ1v) is 15.1. The van der Waals surface area contributed by atoms with Gasteiger partial charge < -0.3 is 43.0 Å². The van der Waals surface area contributed by atoms with Crippen LogP contribution in [-0.4, -0.2) is 117 Å². The van der Waals surface area contributed by atoms with Crippen molar-refractivity contribution in [3.8, 4) is 0 Å². The second-order valence-electron chi connectivity index (χ2n) is 9.16. The molecule has 1 N–H and O–H groups in total. The predicted octanol–water partition coefficient (Wildman–Crippen LogP) is 4.42. The molecule has 9 heteroatoms. The molecular formula is C29H60O9. The lowest BCUT2D eigenvalue weighted by atomic mass is 10.1. The Morgan fingerprint density at radius 3 is 0.921 bits per heavy atom. The Hall–Kier alpha value is -0.360. The zero-order chi connectivity index (χ0) is 27.5. The van der Waals surface area contributed by atoms with Crippen LogP contribution >= 0.6 is 0 Å². The normalized spacial score (nSPS) is 11.5. The fourth-order valence-electron chi connectivity index (χ4n) is 3.54. The van der Waals surface area contributed by atoms with E-state index in [2.05, 4.69) is 6.92 Å². The van der Waals surface area contributed by atoms with Crippen molar-refractivity contribution in [2.45, 2.75) is 77.6 Å². The number of hydrogen-bond donors (Lipinski definition) is 1. The number of aliphatic hydroxyl groups is 1. The molecule has 0 rings (SSSR count). The Morgan fingerprint density at radius 1 is 0.289 bits per heavy atom. The minimum Gasteiger partial charge on any atom is -0.394 e. The van der Waals surface area contributed by atoms with Crippen molar-refractivity contribution in [2.75, 3.05) is 112 Å². The summed E-state index contributed by atoms with van der Waals surface area (Å²) in [5, 5.41) is 8.57. The van der Waals surface area contributed by atoms with Gasteiger partial charge in [-0.2, -0.15) is 0 Å². The van der Waals surface area contributed by atoms with Gasteiger partial charge in [0.2, 0.25) is 0 Å². The topological polar surface area (TPSA) is 94.1 Å². The minimum atomic E-state index is 0.0355. The summed E-state index contributed by atoms with van der Waals surface area (Å²) in [5.74, 6) is 0. The van der Waals surface area contributed by atoms with E-state index in [0.717, 1.165) is 19.6 Å². The van der Waals surface area contributed by atoms with E-state index in [9.17, 15) is 0 Å². The Balaban J connectivity index is 3.01. The lowest BCUT2D eigenvalue weighted by molar-refractivity contribution is -0.0219. The van der Waals surface area contributed by atoms with Crippen molar-refractivity contribution in [3.63, 3.8) is 0 Å². The van der Waals surface area contributed by atoms with E-state index in [1.807, 2.05) is 0 Å². The van der Waals surface area contributed by atoms with E-state index < -0.39 is 0 Å². The van der Waals surface area contributed by atoms with Gasteiger partial charge in [-0.15, -0.1) is 0 Å². The van der Waals surface area contributed by atoms with E-state index in [4.69, 9.17) is 43.0 Å². The Kier molecular flexibility index (Phi) is 36.3. The average molecular weight is 553 g/mol. The number of rotatable bonds is 35. The van der Waals surface area contributed by atoms with Gasteiger partial charge in [-0.1, -0.05) is 64.7 Å². The molecule has 0 radical (unpaired) electrons. The SMILES string of the molecule is CCCCCCCCCCCCOCCCOCCOCCOCCOCCOCCOCCOCCO. The molecule has 230 valence electrons. The monoisotopic (exact) mass is 552 g/mol. The van der Waals surface area contributed by atoms with Crippen molar-refractivity contribution in [1.82, 2.24) is 0 Å². The van der Waals surface area contributed by atoms with E-state index in [1.54, 1.807) is 0 Å². The molecule has 0 aromatic carbocycles. The molecular weight excluding hydrogens is 492 g/mol. The largest absolute Gasteiger partial charge is 0.394 e. The number of unbranched alkanes of at least 4 members (excludes halogenated alkanes) is 9. The third-order valence-electron chi connectivity index (χ3n) is 5.69. The highest BCUT2D eigenvalue weighted by molar-refractivity contribution is 4.47. The van der Waals surface area contributed by atoms with Gasteiger partial charge in [0, 0.05) is 19.8 Å². The van der Waals surface area contributed by atoms with Crippen molar-refractivity contribution in [3.05, 3.63) is 0 Å². The number of ether oxygens (including phenoxy) is 8. The van der Waals surface area contributed by atoms with Crippen LogP contribution in [0, 0.1) is 0 Å². The Labute approximate surface area is 233 Å². The van der Waals surface area contributed by atoms with Crippen molar-refractivity contribution in [1.29, 1.82) is 0 Å². The first-order chi connectivity index (χ1) is 18.9. The van der Waals surface area contributed by atoms with Crippen LogP contribution < -0.4 is 0 Å². The van der Waals surface area contributed by atoms with Crippen molar-refractivity contribution >= 4 is 0 Å². The summed E-state index contributed by atoms with van der Waals surface area (Å²) in [5.41, 5.74) is 0. The van der Waals surface area contributed by atoms with Crippen molar-refractivity contribution < 1.29 is 43.0 Å². The van der Waals surface area contributed by atoms with Gasteiger partial charge in [0.1, 0.15) is 0 Å². The molecule has 0 saturated carbocycles. The molecule has 0 spiro atoms. The average Bonchev–Trinajstić information content (AvgIpc) is 2.93. The van der Waals surface area contributed by atoms with Gasteiger partial charge in [0.25, 0.3) is 0 Å². The van der Waals surface area contributed by atoms with Crippen LogP contribution in [0.25, 0.3) is 0 Å². The third-order valence-corrected chi connectivity index (χ3v) is 5.69. The molecule has 0 amide bonds. The van der Waals surface area contributed by atoms with Crippen molar-refractivity contribution in [2.24, 2.45) is 0 Å². The first-order valence-electron chi connectivity index (χ1n) is 15.1. The van der Waals surface area contributed by atoms with Crippen LogP contribution in [0.5, 0.6) is 0 Å². The molecule has 0 bridgehead atoms. The predicted molar refractivity (Wildman–Crippen MR) is 150 cm³/mol. The van der Waals surface area contributed by atoms with Gasteiger partial charge in [0.15, 0.2) is 0 Å². The van der Waals surface area contributed by atoms with Crippen LogP contribution in [0.15, 0.2) is 0 Å². The van der Waals surface area contributed by atoms with E-state index in [1.165, 1.54) is 64.2 Å². The maximum Gasteiger partial charge on any atom is 0.0701 e. The standard InChI is InChI=1S/C29H60O9/c1-2-3-4-5-6-7-8-9-10-11-14-31-15-12-16-32-18-20-34-22-24-36-26-28-38-29-27-37-25-23-35-21-19-33-17-13-30/h30H,2-29H2,1H3. The molecule has 0 saturated heterocycles. The third kappa shape index (κ3) is 35.6. The van der Waals surface area contributed by atoms with Crippen LogP contribution in [0.3, 0.4) is 0 Å². The molecule has 0 aliphatic carbocycles. The molecule has 0 fully saturated rings. The van der Waals surface area contributed by atoms with Crippen LogP contribution in [0.4, 0.5) is 0 Å². The Morgan fingerprint density at radius 2 is 0.553 bits per heavy atom. The number of aliphatic hydroxyl groups excluding tert-OH is 1. The summed E-state index contributed by atoms with van der Waals surface area (Å²) >= 11 is 0. The molecule has 0 aromatic rings. The summed E-state index contributed by atoms with van der Waals surface area (Å²) in [6.45, 7) is 11.5. The first kappa shape index (κ1) is 37.6. The second-order valence-corrected chi connectivity index (χ2v) is 9.16. The lowest BCUT2D eigenvalue weighted by Gasteiger charge is -2.08. The van der Waals surface area contributed by atoms with E-state index in [-0.39, 0.29) is 6.61 Å². The quantitative estimate of drug-likeness (QED) is 0.115. The second kappa shape index (κ2) is 36.6. The van der Waals surface area contributed by atoms with E-state index >= 15 is 0 Å². The molecule has 0 aliphatic rings. The lowest BCUT2D eigenvalue weighted by Crippen LogP contribution is -2.14. The van der Waals surface area contributed by atoms with Gasteiger partial charge in [-0.05, 0) is 12.8 Å². The summed E-state index contributed by atoms with van der Waals surface area (Å²) < 4.78 is 43.5. The van der Waals surface area contributed by atoms with Crippen LogP contribution in [0.1, 0.15) is 77.6 Å². The minimum absolute atomic E-state index is 0.0355. The zero-order valence-corrected chi connectivity index (χ0v) is 24.5. The van der Waals surface area contributed by atoms with Crippen LogP contribution in [-0.2, 0) is 37.9 Å². The molecule has 0 aromatic heterocycles. The number of hydrogen-bond acceptors (Lipinski definition) is 9. The van der Waals surface area contributed by atoms with E-state index in [0.29, 0.717) is 92.5 Å². The van der Waals surface area contributed by atoms with Gasteiger partial charge >= 0.3 is 0 Å². The summed E-state index contributed by atoms with van der Waals surface area (Å²) in [6.07, 6.45) is 14.5. The molecule has 0 aliphatic heterocycles. The molecule has 0 unspecified atom stereocenters. The van der Waals surface area contributed by atoms with Gasteiger partial charge in [-0.25, -0.2) is 0 Å². The van der Waals surface area contributed by atoms with Gasteiger partial charge in [0.05, 0.1) is 92.5 Å². The maximum absolute atomic E-state index is 8.57. The fourth-order valence-corrected chi connectivity index (χ4v) is 3.54. The zero-order valence-electron chi connectivity index (χ0n) is 24.5. The maximum atomic E-state index is 8.57. The highest BCUT2D eigenvalue weighted by Gasteiger charge is 1.96. The fraction of sp³-hybridized carbons (Fsp3) is 1.00. The summed E-state index contributed by atoms with van der Waals surface area (Å²) in [4.78, 5) is 0.